The van der Waals surface area contributed by atoms with Gasteiger partial charge in [-0.25, -0.2) is 4.98 Å². The van der Waals surface area contributed by atoms with Crippen LogP contribution in [-0.4, -0.2) is 57.7 Å². The summed E-state index contributed by atoms with van der Waals surface area (Å²) in [6.07, 6.45) is 4.72. The van der Waals surface area contributed by atoms with Crippen LogP contribution in [0.2, 0.25) is 0 Å². The number of methoxy groups -OCH3 is 1. The summed E-state index contributed by atoms with van der Waals surface area (Å²) in [6, 6.07) is 7.09. The van der Waals surface area contributed by atoms with Crippen LogP contribution in [0.25, 0.3) is 11.5 Å². The van der Waals surface area contributed by atoms with Gasteiger partial charge >= 0.3 is 0 Å². The van der Waals surface area contributed by atoms with E-state index in [2.05, 4.69) is 20.1 Å². The highest BCUT2D eigenvalue weighted by Gasteiger charge is 2.35. The molecule has 3 heterocycles. The summed E-state index contributed by atoms with van der Waals surface area (Å²) in [5.41, 5.74) is 0.549. The first kappa shape index (κ1) is 17.0. The molecule has 0 radical (unpaired) electrons. The van der Waals surface area contributed by atoms with Crippen molar-refractivity contribution < 1.29 is 18.8 Å². The molecule has 1 aromatic carbocycles. The van der Waals surface area contributed by atoms with E-state index in [-0.39, 0.29) is 18.4 Å². The number of amides is 1. The molecule has 1 fully saturated rings. The van der Waals surface area contributed by atoms with Gasteiger partial charge < -0.3 is 18.9 Å². The lowest BCUT2D eigenvalue weighted by Gasteiger charge is -2.36. The van der Waals surface area contributed by atoms with Crippen molar-refractivity contribution in [3.8, 4) is 23.0 Å². The number of ether oxygens (including phenoxy) is 2. The average Bonchev–Trinajstić information content (AvgIpc) is 3.16. The predicted molar refractivity (Wildman–Crippen MR) is 93.1 cm³/mol. The van der Waals surface area contributed by atoms with E-state index < -0.39 is 0 Å². The quantitative estimate of drug-likeness (QED) is 0.646. The Morgan fingerprint density at radius 1 is 1.22 bits per heavy atom. The zero-order valence-corrected chi connectivity index (χ0v) is 14.6. The van der Waals surface area contributed by atoms with Crippen LogP contribution in [0.15, 0.2) is 47.4 Å². The highest BCUT2D eigenvalue weighted by molar-refractivity contribution is 5.78. The maximum atomic E-state index is 12.2. The third-order valence-electron chi connectivity index (χ3n) is 4.24. The van der Waals surface area contributed by atoms with Gasteiger partial charge in [0, 0.05) is 25.5 Å². The lowest BCUT2D eigenvalue weighted by Crippen LogP contribution is -2.50. The molecular formula is C18H17N5O4. The van der Waals surface area contributed by atoms with Crippen LogP contribution < -0.4 is 9.47 Å². The van der Waals surface area contributed by atoms with Gasteiger partial charge in [-0.2, -0.15) is 4.98 Å². The minimum absolute atomic E-state index is 0.0201. The van der Waals surface area contributed by atoms with Crippen LogP contribution in [0.1, 0.15) is 11.8 Å². The molecule has 27 heavy (non-hydrogen) atoms. The van der Waals surface area contributed by atoms with Crippen LogP contribution in [0, 0.1) is 0 Å². The van der Waals surface area contributed by atoms with Crippen LogP contribution in [0.4, 0.5) is 0 Å². The van der Waals surface area contributed by atoms with Gasteiger partial charge in [-0.05, 0) is 24.3 Å². The Bertz CT molecular complexity index is 907. The standard InChI is InChI=1S/C18H17N5O4/c1-25-13-2-4-14(5-3-13)26-11-16(24)23-9-12(10-23)18-21-17(22-27-18)15-8-19-6-7-20-15/h2-8,12H,9-11H2,1H3. The molecule has 0 atom stereocenters. The number of rotatable bonds is 6. The molecule has 1 aliphatic heterocycles. The van der Waals surface area contributed by atoms with E-state index >= 15 is 0 Å². The minimum atomic E-state index is -0.0873. The highest BCUT2D eigenvalue weighted by Crippen LogP contribution is 2.27. The van der Waals surface area contributed by atoms with Crippen molar-refractivity contribution in [3.05, 3.63) is 48.7 Å². The van der Waals surface area contributed by atoms with Crippen molar-refractivity contribution >= 4 is 5.91 Å². The molecule has 0 N–H and O–H groups in total. The molecule has 138 valence electrons. The smallest absolute Gasteiger partial charge is 0.260 e. The van der Waals surface area contributed by atoms with Gasteiger partial charge in [-0.1, -0.05) is 5.16 Å². The first-order valence-corrected chi connectivity index (χ1v) is 8.37. The molecule has 1 saturated heterocycles. The van der Waals surface area contributed by atoms with Crippen molar-refractivity contribution in [1.29, 1.82) is 0 Å². The van der Waals surface area contributed by atoms with Gasteiger partial charge in [0.05, 0.1) is 19.2 Å². The van der Waals surface area contributed by atoms with Gasteiger partial charge in [0.1, 0.15) is 17.2 Å². The Kier molecular flexibility index (Phi) is 4.65. The molecule has 0 spiro atoms. The van der Waals surface area contributed by atoms with Crippen LogP contribution >= 0.6 is 0 Å². The summed E-state index contributed by atoms with van der Waals surface area (Å²) < 4.78 is 15.9. The Labute approximate surface area is 155 Å². The molecule has 1 aliphatic rings. The molecular weight excluding hydrogens is 350 g/mol. The predicted octanol–water partition coefficient (Wildman–Crippen LogP) is 1.54. The maximum Gasteiger partial charge on any atom is 0.260 e. The fourth-order valence-corrected chi connectivity index (χ4v) is 2.67. The number of likely N-dealkylation sites (tertiary alicyclic amines) is 1. The normalized spacial score (nSPS) is 13.9. The topological polar surface area (TPSA) is 103 Å². The maximum absolute atomic E-state index is 12.2. The molecule has 3 aromatic rings. The fourth-order valence-electron chi connectivity index (χ4n) is 2.67. The lowest BCUT2D eigenvalue weighted by atomic mass is 10.0. The molecule has 4 rings (SSSR count). The summed E-state index contributed by atoms with van der Waals surface area (Å²) in [5, 5.41) is 3.92. The van der Waals surface area contributed by atoms with Gasteiger partial charge in [0.25, 0.3) is 5.91 Å². The number of hydrogen-bond acceptors (Lipinski definition) is 8. The zero-order chi connectivity index (χ0) is 18.6. The SMILES string of the molecule is COc1ccc(OCC(=O)N2CC(c3nc(-c4cnccn4)no3)C2)cc1. The number of nitrogens with zero attached hydrogens (tertiary/aromatic N) is 5. The number of hydrogen-bond donors (Lipinski definition) is 0. The summed E-state index contributed by atoms with van der Waals surface area (Å²) >= 11 is 0. The van der Waals surface area contributed by atoms with Crippen molar-refractivity contribution in [1.82, 2.24) is 25.0 Å². The lowest BCUT2D eigenvalue weighted by molar-refractivity contribution is -0.138. The summed E-state index contributed by atoms with van der Waals surface area (Å²) in [5.74, 6) is 2.18. The van der Waals surface area contributed by atoms with E-state index in [9.17, 15) is 4.79 Å². The Morgan fingerprint density at radius 2 is 2.00 bits per heavy atom. The van der Waals surface area contributed by atoms with E-state index in [1.54, 1.807) is 54.9 Å². The summed E-state index contributed by atoms with van der Waals surface area (Å²) in [6.45, 7) is 1.02. The Morgan fingerprint density at radius 3 is 2.70 bits per heavy atom. The van der Waals surface area contributed by atoms with Crippen LogP contribution in [0.5, 0.6) is 11.5 Å². The van der Waals surface area contributed by atoms with Crippen molar-refractivity contribution in [2.45, 2.75) is 5.92 Å². The third-order valence-corrected chi connectivity index (χ3v) is 4.24. The molecule has 9 heteroatoms. The third kappa shape index (κ3) is 3.71. The van der Waals surface area contributed by atoms with Gasteiger partial charge in [0.2, 0.25) is 11.7 Å². The van der Waals surface area contributed by atoms with Crippen molar-refractivity contribution in [3.63, 3.8) is 0 Å². The van der Waals surface area contributed by atoms with Gasteiger partial charge in [-0.15, -0.1) is 0 Å². The number of carbonyl (C=O) groups is 1. The molecule has 0 saturated carbocycles. The Balaban J connectivity index is 1.27. The van der Waals surface area contributed by atoms with Gasteiger partial charge in [-0.3, -0.25) is 9.78 Å². The first-order chi connectivity index (χ1) is 13.2. The summed E-state index contributed by atoms with van der Waals surface area (Å²) in [4.78, 5) is 26.4. The second kappa shape index (κ2) is 7.40. The first-order valence-electron chi connectivity index (χ1n) is 8.37. The highest BCUT2D eigenvalue weighted by atomic mass is 16.5. The molecule has 2 aromatic heterocycles. The van der Waals surface area contributed by atoms with Crippen LogP contribution in [-0.2, 0) is 4.79 Å². The molecule has 1 amide bonds. The second-order valence-electron chi connectivity index (χ2n) is 6.01. The van der Waals surface area contributed by atoms with E-state index in [0.717, 1.165) is 5.75 Å². The summed E-state index contributed by atoms with van der Waals surface area (Å²) in [7, 11) is 1.60. The van der Waals surface area contributed by atoms with Crippen molar-refractivity contribution in [2.24, 2.45) is 0 Å². The van der Waals surface area contributed by atoms with E-state index in [0.29, 0.717) is 36.2 Å². The molecule has 0 unspecified atom stereocenters. The second-order valence-corrected chi connectivity index (χ2v) is 6.01. The Hall–Kier alpha value is -3.49. The molecule has 9 nitrogen and oxygen atoms in total. The number of carbonyl (C=O) groups excluding carboxylic acids is 1. The van der Waals surface area contributed by atoms with E-state index in [1.807, 2.05) is 0 Å². The van der Waals surface area contributed by atoms with Gasteiger partial charge in [0.15, 0.2) is 6.61 Å². The van der Waals surface area contributed by atoms with E-state index in [4.69, 9.17) is 14.0 Å². The monoisotopic (exact) mass is 367 g/mol. The van der Waals surface area contributed by atoms with E-state index in [1.165, 1.54) is 0 Å². The average molecular weight is 367 g/mol. The van der Waals surface area contributed by atoms with Crippen molar-refractivity contribution in [2.75, 3.05) is 26.8 Å². The fraction of sp³-hybridized carbons (Fsp3) is 0.278. The molecule has 0 aliphatic carbocycles. The largest absolute Gasteiger partial charge is 0.497 e. The molecule has 0 bridgehead atoms. The van der Waals surface area contributed by atoms with Crippen LogP contribution in [0.3, 0.4) is 0 Å². The minimum Gasteiger partial charge on any atom is -0.497 e. The number of benzene rings is 1. The zero-order valence-electron chi connectivity index (χ0n) is 14.6. The number of aromatic nitrogens is 4.